The van der Waals surface area contributed by atoms with Gasteiger partial charge in [0.25, 0.3) is 0 Å². The van der Waals surface area contributed by atoms with Crippen molar-refractivity contribution in [1.82, 2.24) is 15.4 Å². The summed E-state index contributed by atoms with van der Waals surface area (Å²) >= 11 is 0. The zero-order chi connectivity index (χ0) is 19.1. The molecule has 1 aliphatic heterocycles. The number of nitrogens with one attached hydrogen (secondary N) is 2. The molecule has 2 N–H and O–H groups in total. The Balaban J connectivity index is 1.67. The second-order valence-corrected chi connectivity index (χ2v) is 5.99. The summed E-state index contributed by atoms with van der Waals surface area (Å²) in [5.74, 6) is -0.608. The Labute approximate surface area is 156 Å². The third-order valence-electron chi connectivity index (χ3n) is 4.31. The van der Waals surface area contributed by atoms with Crippen LogP contribution in [-0.4, -0.2) is 61.8 Å². The van der Waals surface area contributed by atoms with Crippen molar-refractivity contribution >= 4 is 17.6 Å². The van der Waals surface area contributed by atoms with E-state index in [0.29, 0.717) is 13.2 Å². The van der Waals surface area contributed by atoms with E-state index >= 15 is 0 Å². The third kappa shape index (κ3) is 5.05. The molecule has 27 heavy (non-hydrogen) atoms. The summed E-state index contributed by atoms with van der Waals surface area (Å²) in [6, 6.07) is 9.03. The van der Waals surface area contributed by atoms with E-state index in [-0.39, 0.29) is 18.4 Å². The number of carbonyl (C=O) groups excluding carboxylic acids is 2. The van der Waals surface area contributed by atoms with Crippen LogP contribution in [0.15, 0.2) is 41.1 Å². The predicted octanol–water partition coefficient (Wildman–Crippen LogP) is 0.811. The van der Waals surface area contributed by atoms with Gasteiger partial charge in [0.15, 0.2) is 5.82 Å². The monoisotopic (exact) mass is 374 g/mol. The number of hydrogen-bond acceptors (Lipinski definition) is 7. The fourth-order valence-corrected chi connectivity index (χ4v) is 2.92. The van der Waals surface area contributed by atoms with Gasteiger partial charge in [0.05, 0.1) is 26.4 Å². The molecule has 9 heteroatoms. The predicted molar refractivity (Wildman–Crippen MR) is 96.3 cm³/mol. The third-order valence-corrected chi connectivity index (χ3v) is 4.31. The minimum atomic E-state index is -0.796. The van der Waals surface area contributed by atoms with Gasteiger partial charge >= 0.3 is 11.8 Å². The highest BCUT2D eigenvalue weighted by molar-refractivity contribution is 6.39. The highest BCUT2D eigenvalue weighted by Gasteiger charge is 2.25. The lowest BCUT2D eigenvalue weighted by Gasteiger charge is -2.35. The maximum Gasteiger partial charge on any atom is 0.314 e. The van der Waals surface area contributed by atoms with Gasteiger partial charge in [-0.3, -0.25) is 19.8 Å². The summed E-state index contributed by atoms with van der Waals surface area (Å²) in [4.78, 5) is 26.4. The van der Waals surface area contributed by atoms with Crippen molar-refractivity contribution in [2.75, 3.05) is 45.3 Å². The van der Waals surface area contributed by atoms with Crippen molar-refractivity contribution in [1.29, 1.82) is 0 Å². The van der Waals surface area contributed by atoms with Crippen LogP contribution < -0.4 is 15.4 Å². The molecule has 1 aromatic carbocycles. The quantitative estimate of drug-likeness (QED) is 0.721. The van der Waals surface area contributed by atoms with Gasteiger partial charge < -0.3 is 19.3 Å². The number of amides is 2. The van der Waals surface area contributed by atoms with Crippen LogP contribution in [0.25, 0.3) is 0 Å². The summed E-state index contributed by atoms with van der Waals surface area (Å²) in [5.41, 5.74) is 0.994. The van der Waals surface area contributed by atoms with E-state index < -0.39 is 11.8 Å². The molecule has 1 atom stereocenters. The molecule has 1 aromatic heterocycles. The SMILES string of the molecule is COc1cccc(C(CNC(=O)C(=O)Nc2ccon2)N2CCOCC2)c1. The molecule has 0 spiro atoms. The summed E-state index contributed by atoms with van der Waals surface area (Å²) in [5, 5.41) is 8.62. The first-order valence-corrected chi connectivity index (χ1v) is 8.62. The Morgan fingerprint density at radius 1 is 1.26 bits per heavy atom. The molecule has 1 aliphatic rings. The maximum absolute atomic E-state index is 12.2. The summed E-state index contributed by atoms with van der Waals surface area (Å²) < 4.78 is 15.3. The van der Waals surface area contributed by atoms with Crippen molar-refractivity contribution in [2.24, 2.45) is 0 Å². The molecular formula is C18H22N4O5. The number of anilines is 1. The van der Waals surface area contributed by atoms with Crippen molar-refractivity contribution in [3.8, 4) is 5.75 Å². The Kier molecular flexibility index (Phi) is 6.39. The van der Waals surface area contributed by atoms with Crippen molar-refractivity contribution < 1.29 is 23.6 Å². The largest absolute Gasteiger partial charge is 0.497 e. The first-order valence-electron chi connectivity index (χ1n) is 8.62. The van der Waals surface area contributed by atoms with Crippen LogP contribution in [0, 0.1) is 0 Å². The van der Waals surface area contributed by atoms with Gasteiger partial charge in [-0.1, -0.05) is 17.3 Å². The van der Waals surface area contributed by atoms with Crippen molar-refractivity contribution in [2.45, 2.75) is 6.04 Å². The Bertz CT molecular complexity index is 759. The summed E-state index contributed by atoms with van der Waals surface area (Å²) in [7, 11) is 1.61. The molecule has 2 aromatic rings. The second kappa shape index (κ2) is 9.15. The van der Waals surface area contributed by atoms with Crippen molar-refractivity contribution in [3.05, 3.63) is 42.2 Å². The lowest BCUT2D eigenvalue weighted by Crippen LogP contribution is -2.45. The van der Waals surface area contributed by atoms with Crippen LogP contribution in [0.4, 0.5) is 5.82 Å². The van der Waals surface area contributed by atoms with Crippen LogP contribution in [0.5, 0.6) is 5.75 Å². The molecule has 9 nitrogen and oxygen atoms in total. The van der Waals surface area contributed by atoms with Gasteiger partial charge in [0, 0.05) is 25.7 Å². The van der Waals surface area contributed by atoms with Gasteiger partial charge in [0.1, 0.15) is 12.0 Å². The molecule has 3 rings (SSSR count). The van der Waals surface area contributed by atoms with Gasteiger partial charge in [-0.2, -0.15) is 0 Å². The Morgan fingerprint density at radius 3 is 2.78 bits per heavy atom. The Hall–Kier alpha value is -2.91. The van der Waals surface area contributed by atoms with E-state index in [4.69, 9.17) is 9.47 Å². The van der Waals surface area contributed by atoms with Crippen LogP contribution in [0.1, 0.15) is 11.6 Å². The highest BCUT2D eigenvalue weighted by atomic mass is 16.5. The molecular weight excluding hydrogens is 352 g/mol. The number of carbonyl (C=O) groups is 2. The molecule has 2 heterocycles. The Morgan fingerprint density at radius 2 is 2.07 bits per heavy atom. The fraction of sp³-hybridized carbons (Fsp3) is 0.389. The maximum atomic E-state index is 12.2. The van der Waals surface area contributed by atoms with E-state index in [1.54, 1.807) is 7.11 Å². The number of rotatable bonds is 6. The highest BCUT2D eigenvalue weighted by Crippen LogP contribution is 2.24. The molecule has 0 bridgehead atoms. The lowest BCUT2D eigenvalue weighted by molar-refractivity contribution is -0.136. The van der Waals surface area contributed by atoms with E-state index in [9.17, 15) is 9.59 Å². The molecule has 1 saturated heterocycles. The van der Waals surface area contributed by atoms with Crippen LogP contribution >= 0.6 is 0 Å². The van der Waals surface area contributed by atoms with Crippen molar-refractivity contribution in [3.63, 3.8) is 0 Å². The molecule has 144 valence electrons. The minimum absolute atomic E-state index is 0.104. The number of benzene rings is 1. The van der Waals surface area contributed by atoms with Crippen LogP contribution in [0.3, 0.4) is 0 Å². The molecule has 0 radical (unpaired) electrons. The summed E-state index contributed by atoms with van der Waals surface area (Å²) in [6.07, 6.45) is 1.31. The molecule has 2 amide bonds. The van der Waals surface area contributed by atoms with Gasteiger partial charge in [-0.15, -0.1) is 0 Å². The van der Waals surface area contributed by atoms with E-state index in [1.165, 1.54) is 12.3 Å². The van der Waals surface area contributed by atoms with E-state index in [2.05, 4.69) is 25.2 Å². The summed E-state index contributed by atoms with van der Waals surface area (Å²) in [6.45, 7) is 3.01. The van der Waals surface area contributed by atoms with Crippen LogP contribution in [0.2, 0.25) is 0 Å². The average Bonchev–Trinajstić information content (AvgIpc) is 3.22. The first kappa shape index (κ1) is 18.9. The fourth-order valence-electron chi connectivity index (χ4n) is 2.92. The standard InChI is InChI=1S/C18H22N4O5/c1-25-14-4-2-3-13(11-14)15(22-6-9-26-10-7-22)12-19-17(23)18(24)20-16-5-8-27-21-16/h2-5,8,11,15H,6-7,9-10,12H2,1H3,(H,19,23)(H,20,21,24). The van der Waals surface area contributed by atoms with Gasteiger partial charge in [-0.05, 0) is 17.7 Å². The minimum Gasteiger partial charge on any atom is -0.497 e. The number of ether oxygens (including phenoxy) is 2. The smallest absolute Gasteiger partial charge is 0.314 e. The zero-order valence-corrected chi connectivity index (χ0v) is 15.0. The average molecular weight is 374 g/mol. The number of methoxy groups -OCH3 is 1. The molecule has 0 saturated carbocycles. The number of morpholine rings is 1. The number of aromatic nitrogens is 1. The molecule has 1 unspecified atom stereocenters. The topological polar surface area (TPSA) is 106 Å². The molecule has 1 fully saturated rings. The van der Waals surface area contributed by atoms with E-state index in [0.717, 1.165) is 24.4 Å². The van der Waals surface area contributed by atoms with E-state index in [1.807, 2.05) is 24.3 Å². The molecule has 0 aliphatic carbocycles. The normalized spacial score (nSPS) is 15.7. The van der Waals surface area contributed by atoms with Gasteiger partial charge in [0.2, 0.25) is 0 Å². The second-order valence-electron chi connectivity index (χ2n) is 5.99. The van der Waals surface area contributed by atoms with Crippen LogP contribution in [-0.2, 0) is 14.3 Å². The lowest BCUT2D eigenvalue weighted by atomic mass is 10.0. The zero-order valence-electron chi connectivity index (χ0n) is 15.0. The number of hydrogen-bond donors (Lipinski definition) is 2. The number of nitrogens with zero attached hydrogens (tertiary/aromatic N) is 2. The van der Waals surface area contributed by atoms with Gasteiger partial charge in [-0.25, -0.2) is 0 Å². The first-order chi connectivity index (χ1) is 13.2.